The lowest BCUT2D eigenvalue weighted by atomic mass is 10.0. The van der Waals surface area contributed by atoms with E-state index in [-0.39, 0.29) is 12.0 Å². The molecule has 1 heterocycles. The molecule has 1 saturated heterocycles. The fourth-order valence-corrected chi connectivity index (χ4v) is 2.56. The van der Waals surface area contributed by atoms with Gasteiger partial charge in [-0.15, -0.1) is 6.58 Å². The number of carbonyl (C=O) groups excluding carboxylic acids is 1. The number of nitrogens with one attached hydrogen (secondary N) is 1. The van der Waals surface area contributed by atoms with E-state index in [1.807, 2.05) is 23.1 Å². The smallest absolute Gasteiger partial charge is 0.251 e. The molecule has 0 radical (unpaired) electrons. The summed E-state index contributed by atoms with van der Waals surface area (Å²) >= 11 is 0. The van der Waals surface area contributed by atoms with Crippen LogP contribution in [0.25, 0.3) is 0 Å². The molecular weight excluding hydrogens is 264 g/mol. The number of hydrogen-bond donors (Lipinski definition) is 1. The van der Waals surface area contributed by atoms with Gasteiger partial charge < -0.3 is 15.0 Å². The van der Waals surface area contributed by atoms with Crippen molar-refractivity contribution in [3.8, 4) is 0 Å². The summed E-state index contributed by atoms with van der Waals surface area (Å²) in [5, 5.41) is 3.52. The van der Waals surface area contributed by atoms with E-state index in [1.54, 1.807) is 13.0 Å². The minimum Gasteiger partial charge on any atom is -0.382 e. The Balaban J connectivity index is 1.77. The third-order valence-electron chi connectivity index (χ3n) is 3.76. The maximum atomic E-state index is 12.2. The Bertz CT molecular complexity index is 453. The van der Waals surface area contributed by atoms with Gasteiger partial charge in [-0.3, -0.25) is 4.79 Å². The Kier molecular flexibility index (Phi) is 5.81. The summed E-state index contributed by atoms with van der Waals surface area (Å²) < 4.78 is 5.40. The quantitative estimate of drug-likeness (QED) is 0.818. The van der Waals surface area contributed by atoms with Crippen LogP contribution in [0.2, 0.25) is 0 Å². The molecule has 1 aliphatic heterocycles. The zero-order valence-corrected chi connectivity index (χ0v) is 12.6. The molecule has 1 aromatic rings. The Morgan fingerprint density at radius 2 is 2.10 bits per heavy atom. The van der Waals surface area contributed by atoms with Crippen LogP contribution in [0.5, 0.6) is 0 Å². The van der Waals surface area contributed by atoms with E-state index in [0.717, 1.165) is 31.6 Å². The van der Waals surface area contributed by atoms with Crippen LogP contribution in [0.15, 0.2) is 43.0 Å². The highest BCUT2D eigenvalue weighted by Crippen LogP contribution is 2.17. The van der Waals surface area contributed by atoms with Gasteiger partial charge in [-0.2, -0.15) is 0 Å². The van der Waals surface area contributed by atoms with E-state index in [1.165, 1.54) is 0 Å². The number of ether oxygens (including phenoxy) is 1. The van der Waals surface area contributed by atoms with Crippen LogP contribution in [0.4, 0.5) is 5.69 Å². The Hall–Kier alpha value is -1.81. The second kappa shape index (κ2) is 7.84. The van der Waals surface area contributed by atoms with Crippen LogP contribution in [-0.4, -0.2) is 42.6 Å². The predicted molar refractivity (Wildman–Crippen MR) is 85.3 cm³/mol. The molecule has 1 N–H and O–H groups in total. The van der Waals surface area contributed by atoms with Crippen molar-refractivity contribution in [1.82, 2.24) is 4.90 Å². The van der Waals surface area contributed by atoms with Gasteiger partial charge >= 0.3 is 0 Å². The highest BCUT2D eigenvalue weighted by Gasteiger charge is 2.26. The molecule has 1 aromatic carbocycles. The molecule has 0 saturated carbocycles. The normalized spacial score (nSPS) is 17.3. The molecule has 0 aliphatic carbocycles. The van der Waals surface area contributed by atoms with E-state index in [0.29, 0.717) is 12.6 Å². The van der Waals surface area contributed by atoms with Crippen LogP contribution in [0.3, 0.4) is 0 Å². The first kappa shape index (κ1) is 15.6. The molecule has 21 heavy (non-hydrogen) atoms. The summed E-state index contributed by atoms with van der Waals surface area (Å²) in [4.78, 5) is 14.1. The summed E-state index contributed by atoms with van der Waals surface area (Å²) in [5.41, 5.74) is 1.14. The average molecular weight is 288 g/mol. The maximum absolute atomic E-state index is 12.2. The monoisotopic (exact) mass is 288 g/mol. The molecule has 1 unspecified atom stereocenters. The number of para-hydroxylation sites is 1. The van der Waals surface area contributed by atoms with Gasteiger partial charge in [0.15, 0.2) is 0 Å². The third-order valence-corrected chi connectivity index (χ3v) is 3.76. The SMILES string of the molecule is C=CCOC(C)C(=O)N1CCC(Nc2ccccc2)CC1. The molecule has 1 aliphatic rings. The summed E-state index contributed by atoms with van der Waals surface area (Å²) in [6.45, 7) is 7.38. The number of benzene rings is 1. The maximum Gasteiger partial charge on any atom is 0.251 e. The van der Waals surface area contributed by atoms with E-state index < -0.39 is 0 Å². The summed E-state index contributed by atoms with van der Waals surface area (Å²) in [5.74, 6) is 0.0787. The highest BCUT2D eigenvalue weighted by molar-refractivity contribution is 5.80. The Labute approximate surface area is 126 Å². The summed E-state index contributed by atoms with van der Waals surface area (Å²) in [6.07, 6.45) is 3.21. The topological polar surface area (TPSA) is 41.6 Å². The van der Waals surface area contributed by atoms with Crippen molar-refractivity contribution in [2.24, 2.45) is 0 Å². The number of carbonyl (C=O) groups is 1. The van der Waals surface area contributed by atoms with E-state index >= 15 is 0 Å². The third kappa shape index (κ3) is 4.60. The number of hydrogen-bond acceptors (Lipinski definition) is 3. The molecule has 4 nitrogen and oxygen atoms in total. The predicted octanol–water partition coefficient (Wildman–Crippen LogP) is 2.68. The number of piperidine rings is 1. The van der Waals surface area contributed by atoms with Crippen LogP contribution in [0, 0.1) is 0 Å². The first-order valence-electron chi connectivity index (χ1n) is 7.53. The summed E-state index contributed by atoms with van der Waals surface area (Å²) in [6, 6.07) is 10.6. The molecule has 1 amide bonds. The number of likely N-dealkylation sites (tertiary alicyclic amines) is 1. The minimum absolute atomic E-state index is 0.0787. The zero-order valence-electron chi connectivity index (χ0n) is 12.6. The molecule has 1 fully saturated rings. The fourth-order valence-electron chi connectivity index (χ4n) is 2.56. The minimum atomic E-state index is -0.387. The van der Waals surface area contributed by atoms with Gasteiger partial charge in [0.2, 0.25) is 0 Å². The first-order chi connectivity index (χ1) is 10.2. The van der Waals surface area contributed by atoms with Gasteiger partial charge in [0.25, 0.3) is 5.91 Å². The summed E-state index contributed by atoms with van der Waals surface area (Å²) in [7, 11) is 0. The van der Waals surface area contributed by atoms with E-state index in [9.17, 15) is 4.79 Å². The van der Waals surface area contributed by atoms with Gasteiger partial charge in [-0.05, 0) is 31.9 Å². The Morgan fingerprint density at radius 3 is 2.71 bits per heavy atom. The van der Waals surface area contributed by atoms with Crippen LogP contribution >= 0.6 is 0 Å². The lowest BCUT2D eigenvalue weighted by Gasteiger charge is -2.34. The zero-order chi connectivity index (χ0) is 15.1. The van der Waals surface area contributed by atoms with Crippen LogP contribution < -0.4 is 5.32 Å². The number of anilines is 1. The molecule has 4 heteroatoms. The van der Waals surface area contributed by atoms with Crippen molar-refractivity contribution in [2.75, 3.05) is 25.0 Å². The van der Waals surface area contributed by atoms with Gasteiger partial charge in [0.1, 0.15) is 6.10 Å². The number of amides is 1. The van der Waals surface area contributed by atoms with Crippen molar-refractivity contribution in [3.05, 3.63) is 43.0 Å². The van der Waals surface area contributed by atoms with Crippen molar-refractivity contribution < 1.29 is 9.53 Å². The molecule has 114 valence electrons. The Morgan fingerprint density at radius 1 is 1.43 bits per heavy atom. The lowest BCUT2D eigenvalue weighted by Crippen LogP contribution is -2.46. The van der Waals surface area contributed by atoms with Crippen molar-refractivity contribution in [3.63, 3.8) is 0 Å². The van der Waals surface area contributed by atoms with Gasteiger partial charge in [-0.1, -0.05) is 24.3 Å². The van der Waals surface area contributed by atoms with Gasteiger partial charge in [0, 0.05) is 24.8 Å². The number of nitrogens with zero attached hydrogens (tertiary/aromatic N) is 1. The lowest BCUT2D eigenvalue weighted by molar-refractivity contribution is -0.142. The molecule has 0 spiro atoms. The molecule has 0 aromatic heterocycles. The standard InChI is InChI=1S/C17H24N2O2/c1-3-13-21-14(2)17(20)19-11-9-16(10-12-19)18-15-7-5-4-6-8-15/h3-8,14,16,18H,1,9-13H2,2H3. The highest BCUT2D eigenvalue weighted by atomic mass is 16.5. The average Bonchev–Trinajstić information content (AvgIpc) is 2.53. The molecule has 0 bridgehead atoms. The molecule has 2 rings (SSSR count). The second-order valence-corrected chi connectivity index (χ2v) is 5.37. The van der Waals surface area contributed by atoms with E-state index in [2.05, 4.69) is 24.0 Å². The second-order valence-electron chi connectivity index (χ2n) is 5.37. The number of rotatable bonds is 6. The van der Waals surface area contributed by atoms with Crippen molar-refractivity contribution in [2.45, 2.75) is 31.9 Å². The van der Waals surface area contributed by atoms with Crippen molar-refractivity contribution in [1.29, 1.82) is 0 Å². The van der Waals surface area contributed by atoms with Crippen LogP contribution in [0.1, 0.15) is 19.8 Å². The first-order valence-corrected chi connectivity index (χ1v) is 7.53. The van der Waals surface area contributed by atoms with Crippen LogP contribution in [-0.2, 0) is 9.53 Å². The van der Waals surface area contributed by atoms with Crippen molar-refractivity contribution >= 4 is 11.6 Å². The molecule has 1 atom stereocenters. The largest absolute Gasteiger partial charge is 0.382 e. The van der Waals surface area contributed by atoms with Gasteiger partial charge in [0.05, 0.1) is 6.61 Å². The van der Waals surface area contributed by atoms with Gasteiger partial charge in [-0.25, -0.2) is 0 Å². The van der Waals surface area contributed by atoms with E-state index in [4.69, 9.17) is 4.74 Å². The fraction of sp³-hybridized carbons (Fsp3) is 0.471. The molecular formula is C17H24N2O2.